The summed E-state index contributed by atoms with van der Waals surface area (Å²) >= 11 is 0. The zero-order chi connectivity index (χ0) is 30.6. The van der Waals surface area contributed by atoms with E-state index in [2.05, 4.69) is 10.1 Å². The van der Waals surface area contributed by atoms with Gasteiger partial charge in [0.15, 0.2) is 5.78 Å². The molecular formula is C33H30FN5O5. The van der Waals surface area contributed by atoms with Crippen LogP contribution in [-0.4, -0.2) is 42.9 Å². The predicted octanol–water partition coefficient (Wildman–Crippen LogP) is 4.58. The highest BCUT2D eigenvalue weighted by Crippen LogP contribution is 2.32. The highest BCUT2D eigenvalue weighted by Gasteiger charge is 2.22. The second-order valence-corrected chi connectivity index (χ2v) is 10.8. The number of aryl methyl sites for hydroxylation is 1. The molecule has 0 bridgehead atoms. The van der Waals surface area contributed by atoms with E-state index in [0.29, 0.717) is 36.8 Å². The summed E-state index contributed by atoms with van der Waals surface area (Å²) in [7, 11) is 1.83. The molecule has 1 aliphatic heterocycles. The van der Waals surface area contributed by atoms with E-state index in [1.54, 1.807) is 53.6 Å². The SMILES string of the molecule is Cn1cc(-c2cnccc2Oc2ccc(CC(=O)c3cn(CC4CCOCC4)c(=O)n(-c4ccc(F)cc4)c3=O)cc2)cn1. The smallest absolute Gasteiger partial charge is 0.335 e. The number of rotatable bonds is 9. The molecule has 6 rings (SSSR count). The van der Waals surface area contributed by atoms with Crippen LogP contribution in [0.5, 0.6) is 11.5 Å². The van der Waals surface area contributed by atoms with Gasteiger partial charge in [-0.25, -0.2) is 13.8 Å². The molecule has 10 nitrogen and oxygen atoms in total. The lowest BCUT2D eigenvalue weighted by molar-refractivity contribution is 0.0607. The number of ketones is 1. The van der Waals surface area contributed by atoms with Crippen molar-refractivity contribution in [3.8, 4) is 28.3 Å². The maximum absolute atomic E-state index is 13.6. The Morgan fingerprint density at radius 2 is 1.75 bits per heavy atom. The van der Waals surface area contributed by atoms with Crippen molar-refractivity contribution in [2.45, 2.75) is 25.8 Å². The van der Waals surface area contributed by atoms with Gasteiger partial charge in [-0.15, -0.1) is 0 Å². The summed E-state index contributed by atoms with van der Waals surface area (Å²) in [4.78, 5) is 44.8. The van der Waals surface area contributed by atoms with Crippen LogP contribution in [0.15, 0.2) is 95.2 Å². The third-order valence-corrected chi connectivity index (χ3v) is 7.65. The number of carbonyl (C=O) groups is 1. The van der Waals surface area contributed by atoms with Gasteiger partial charge in [0.1, 0.15) is 22.9 Å². The summed E-state index contributed by atoms with van der Waals surface area (Å²) in [5.41, 5.74) is 1.08. The quantitative estimate of drug-likeness (QED) is 0.230. The lowest BCUT2D eigenvalue weighted by Gasteiger charge is -2.23. The number of Topliss-reactive ketones (excluding diaryl/α,β-unsaturated/α-hetero) is 1. The minimum Gasteiger partial charge on any atom is -0.457 e. The van der Waals surface area contributed by atoms with Gasteiger partial charge >= 0.3 is 5.69 Å². The highest BCUT2D eigenvalue weighted by molar-refractivity contribution is 5.97. The first-order valence-corrected chi connectivity index (χ1v) is 14.3. The normalized spacial score (nSPS) is 13.6. The van der Waals surface area contributed by atoms with Gasteiger partial charge in [0, 0.05) is 69.1 Å². The van der Waals surface area contributed by atoms with Crippen LogP contribution in [0, 0.1) is 11.7 Å². The molecule has 11 heteroatoms. The molecule has 5 aromatic rings. The monoisotopic (exact) mass is 595 g/mol. The second-order valence-electron chi connectivity index (χ2n) is 10.8. The Morgan fingerprint density at radius 1 is 1.00 bits per heavy atom. The van der Waals surface area contributed by atoms with E-state index in [1.807, 2.05) is 13.2 Å². The van der Waals surface area contributed by atoms with Crippen LogP contribution in [0.3, 0.4) is 0 Å². The van der Waals surface area contributed by atoms with Gasteiger partial charge in [-0.2, -0.15) is 5.10 Å². The molecule has 44 heavy (non-hydrogen) atoms. The summed E-state index contributed by atoms with van der Waals surface area (Å²) in [6.45, 7) is 1.52. The molecule has 0 radical (unpaired) electrons. The van der Waals surface area contributed by atoms with Crippen molar-refractivity contribution in [2.24, 2.45) is 13.0 Å². The summed E-state index contributed by atoms with van der Waals surface area (Å²) < 4.78 is 29.3. The molecule has 0 amide bonds. The molecule has 0 spiro atoms. The van der Waals surface area contributed by atoms with Crippen LogP contribution in [0.1, 0.15) is 28.8 Å². The minimum atomic E-state index is -0.740. The van der Waals surface area contributed by atoms with Crippen molar-refractivity contribution in [3.63, 3.8) is 0 Å². The van der Waals surface area contributed by atoms with Gasteiger partial charge in [-0.3, -0.25) is 23.8 Å². The molecule has 1 aliphatic rings. The van der Waals surface area contributed by atoms with Crippen LogP contribution < -0.4 is 16.0 Å². The maximum atomic E-state index is 13.6. The average molecular weight is 596 g/mol. The zero-order valence-electron chi connectivity index (χ0n) is 24.1. The van der Waals surface area contributed by atoms with Crippen LogP contribution >= 0.6 is 0 Å². The molecule has 3 aromatic heterocycles. The van der Waals surface area contributed by atoms with E-state index in [1.165, 1.54) is 35.0 Å². The molecular weight excluding hydrogens is 565 g/mol. The van der Waals surface area contributed by atoms with Crippen LogP contribution in [0.25, 0.3) is 16.8 Å². The zero-order valence-corrected chi connectivity index (χ0v) is 24.1. The first-order valence-electron chi connectivity index (χ1n) is 14.3. The number of nitrogens with zero attached hydrogens (tertiary/aromatic N) is 5. The van der Waals surface area contributed by atoms with E-state index in [9.17, 15) is 18.8 Å². The number of carbonyl (C=O) groups excluding carboxylic acids is 1. The third kappa shape index (κ3) is 6.28. The Bertz CT molecular complexity index is 1910. The topological polar surface area (TPSA) is 110 Å². The summed E-state index contributed by atoms with van der Waals surface area (Å²) in [5, 5.41) is 4.22. The molecule has 1 fully saturated rings. The van der Waals surface area contributed by atoms with Gasteiger partial charge in [0.25, 0.3) is 5.56 Å². The molecule has 4 heterocycles. The largest absolute Gasteiger partial charge is 0.457 e. The standard InChI is InChI=1S/C33H30FN5O5/c1-37-20-24(17-36-37)28-18-35-13-10-31(28)44-27-8-2-22(3-9-27)16-30(40)29-21-38(19-23-11-14-43-15-12-23)33(42)39(32(29)41)26-6-4-25(34)5-7-26/h2-10,13,17-18,20-21,23H,11-12,14-16,19H2,1H3. The average Bonchev–Trinajstić information content (AvgIpc) is 3.47. The lowest BCUT2D eigenvalue weighted by Crippen LogP contribution is -2.42. The van der Waals surface area contributed by atoms with E-state index in [0.717, 1.165) is 28.5 Å². The van der Waals surface area contributed by atoms with E-state index in [-0.39, 0.29) is 23.6 Å². The molecule has 224 valence electrons. The molecule has 2 aromatic carbocycles. The molecule has 0 N–H and O–H groups in total. The number of pyridine rings is 1. The Hall–Kier alpha value is -5.16. The fraction of sp³-hybridized carbons (Fsp3) is 0.242. The van der Waals surface area contributed by atoms with Crippen molar-refractivity contribution in [2.75, 3.05) is 13.2 Å². The minimum absolute atomic E-state index is 0.0649. The molecule has 1 saturated heterocycles. The van der Waals surface area contributed by atoms with Crippen LogP contribution in [0.2, 0.25) is 0 Å². The fourth-order valence-electron chi connectivity index (χ4n) is 5.28. The van der Waals surface area contributed by atoms with E-state index < -0.39 is 22.8 Å². The molecule has 0 saturated carbocycles. The van der Waals surface area contributed by atoms with E-state index >= 15 is 0 Å². The number of benzene rings is 2. The first-order chi connectivity index (χ1) is 21.4. The van der Waals surface area contributed by atoms with Crippen molar-refractivity contribution in [1.29, 1.82) is 0 Å². The highest BCUT2D eigenvalue weighted by atomic mass is 19.1. The van der Waals surface area contributed by atoms with Crippen molar-refractivity contribution in [1.82, 2.24) is 23.9 Å². The van der Waals surface area contributed by atoms with Crippen LogP contribution in [0.4, 0.5) is 4.39 Å². The van der Waals surface area contributed by atoms with Crippen molar-refractivity contribution >= 4 is 5.78 Å². The fourth-order valence-corrected chi connectivity index (χ4v) is 5.28. The molecule has 0 aliphatic carbocycles. The number of aromatic nitrogens is 5. The summed E-state index contributed by atoms with van der Waals surface area (Å²) in [6.07, 6.45) is 9.78. The summed E-state index contributed by atoms with van der Waals surface area (Å²) in [5.74, 6) is 0.385. The Labute approximate surface area is 252 Å². The van der Waals surface area contributed by atoms with Crippen molar-refractivity contribution < 1.29 is 18.7 Å². The Balaban J connectivity index is 1.26. The third-order valence-electron chi connectivity index (χ3n) is 7.65. The second kappa shape index (κ2) is 12.6. The maximum Gasteiger partial charge on any atom is 0.335 e. The summed E-state index contributed by atoms with van der Waals surface area (Å²) in [6, 6.07) is 13.8. The number of halogens is 1. The molecule has 0 atom stereocenters. The lowest BCUT2D eigenvalue weighted by atomic mass is 10.00. The van der Waals surface area contributed by atoms with Crippen LogP contribution in [-0.2, 0) is 24.8 Å². The predicted molar refractivity (Wildman–Crippen MR) is 161 cm³/mol. The van der Waals surface area contributed by atoms with E-state index in [4.69, 9.17) is 9.47 Å². The first kappa shape index (κ1) is 28.9. The number of hydrogen-bond acceptors (Lipinski definition) is 7. The van der Waals surface area contributed by atoms with Crippen molar-refractivity contribution in [3.05, 3.63) is 123 Å². The Morgan fingerprint density at radius 3 is 2.45 bits per heavy atom. The Kier molecular flexibility index (Phi) is 8.29. The van der Waals surface area contributed by atoms with Gasteiger partial charge < -0.3 is 9.47 Å². The van der Waals surface area contributed by atoms with Gasteiger partial charge in [0.05, 0.1) is 11.9 Å². The van der Waals surface area contributed by atoms with Gasteiger partial charge in [0.2, 0.25) is 0 Å². The molecule has 0 unspecified atom stereocenters. The van der Waals surface area contributed by atoms with Gasteiger partial charge in [-0.1, -0.05) is 12.1 Å². The van der Waals surface area contributed by atoms with Gasteiger partial charge in [-0.05, 0) is 66.8 Å². The number of hydrogen-bond donors (Lipinski definition) is 0. The number of ether oxygens (including phenoxy) is 2.